The smallest absolute Gasteiger partial charge is 0.306 e. The monoisotopic (exact) mass is 468 g/mol. The van der Waals surface area contributed by atoms with E-state index in [4.69, 9.17) is 4.74 Å². The molecule has 1 aliphatic heterocycles. The fourth-order valence-corrected chi connectivity index (χ4v) is 4.88. The van der Waals surface area contributed by atoms with Crippen LogP contribution >= 0.6 is 0 Å². The van der Waals surface area contributed by atoms with Crippen LogP contribution in [-0.4, -0.2) is 32.5 Å². The molecule has 1 aromatic heterocycles. The van der Waals surface area contributed by atoms with Crippen molar-refractivity contribution in [2.24, 2.45) is 24.3 Å². The van der Waals surface area contributed by atoms with E-state index in [9.17, 15) is 14.7 Å². The van der Waals surface area contributed by atoms with E-state index in [0.717, 1.165) is 41.7 Å². The number of fused-ring (bicyclic) bond motifs is 1. The van der Waals surface area contributed by atoms with Crippen LogP contribution in [0.4, 0.5) is 0 Å². The number of aliphatic hydroxyl groups is 1. The number of ketones is 1. The van der Waals surface area contributed by atoms with Gasteiger partial charge in [-0.1, -0.05) is 45.9 Å². The molecule has 1 aliphatic rings. The third-order valence-corrected chi connectivity index (χ3v) is 7.45. The van der Waals surface area contributed by atoms with Gasteiger partial charge in [-0.05, 0) is 56.2 Å². The van der Waals surface area contributed by atoms with Crippen LogP contribution in [0.5, 0.6) is 0 Å². The van der Waals surface area contributed by atoms with E-state index in [-0.39, 0.29) is 24.1 Å². The summed E-state index contributed by atoms with van der Waals surface area (Å²) in [4.78, 5) is 30.6. The van der Waals surface area contributed by atoms with Gasteiger partial charge in [0.2, 0.25) is 0 Å². The molecule has 4 atom stereocenters. The van der Waals surface area contributed by atoms with Crippen LogP contribution in [0.3, 0.4) is 0 Å². The molecular weight excluding hydrogens is 428 g/mol. The quantitative estimate of drug-likeness (QED) is 0.435. The molecule has 1 aromatic carbocycles. The summed E-state index contributed by atoms with van der Waals surface area (Å²) >= 11 is 0. The first-order valence-electron chi connectivity index (χ1n) is 12.5. The van der Waals surface area contributed by atoms with Gasteiger partial charge in [0.05, 0.1) is 17.1 Å². The maximum absolute atomic E-state index is 13.1. The van der Waals surface area contributed by atoms with Gasteiger partial charge in [-0.25, -0.2) is 4.98 Å². The molecule has 0 spiro atoms. The molecule has 1 N–H and O–H groups in total. The Morgan fingerprint density at radius 2 is 1.91 bits per heavy atom. The highest BCUT2D eigenvalue weighted by atomic mass is 16.5. The Bertz CT molecular complexity index is 1050. The summed E-state index contributed by atoms with van der Waals surface area (Å²) in [5, 5.41) is 10.7. The number of Topliss-reactive ketones (excluding diaryl/α,β-unsaturated/α-hetero) is 1. The second-order valence-corrected chi connectivity index (χ2v) is 10.6. The number of rotatable bonds is 1. The highest BCUT2D eigenvalue weighted by Gasteiger charge is 2.36. The van der Waals surface area contributed by atoms with Crippen molar-refractivity contribution in [1.82, 2.24) is 9.55 Å². The van der Waals surface area contributed by atoms with Gasteiger partial charge >= 0.3 is 5.97 Å². The van der Waals surface area contributed by atoms with Crippen LogP contribution in [0.15, 0.2) is 30.4 Å². The lowest BCUT2D eigenvalue weighted by molar-refractivity contribution is -0.150. The fraction of sp³-hybridized carbons (Fsp3) is 0.607. The van der Waals surface area contributed by atoms with E-state index in [2.05, 4.69) is 17.1 Å². The molecule has 34 heavy (non-hydrogen) atoms. The van der Waals surface area contributed by atoms with Crippen LogP contribution in [0.1, 0.15) is 83.7 Å². The molecular formula is C28H40N2O4. The number of ether oxygens (including phenoxy) is 1. The number of aryl methyl sites for hydroxylation is 2. The van der Waals surface area contributed by atoms with Gasteiger partial charge in [-0.3, -0.25) is 9.59 Å². The first-order valence-corrected chi connectivity index (χ1v) is 12.5. The molecule has 0 bridgehead atoms. The van der Waals surface area contributed by atoms with Gasteiger partial charge < -0.3 is 14.4 Å². The van der Waals surface area contributed by atoms with Crippen LogP contribution in [-0.2, 0) is 21.4 Å². The minimum atomic E-state index is -0.712. The van der Waals surface area contributed by atoms with Crippen LogP contribution in [0.2, 0.25) is 0 Å². The molecule has 0 amide bonds. The third-order valence-electron chi connectivity index (χ3n) is 7.45. The normalized spacial score (nSPS) is 28.6. The van der Waals surface area contributed by atoms with E-state index in [1.807, 2.05) is 57.5 Å². The summed E-state index contributed by atoms with van der Waals surface area (Å²) in [7, 11) is 1.99. The lowest BCUT2D eigenvalue weighted by Gasteiger charge is -2.31. The average molecular weight is 469 g/mol. The number of carbonyl (C=O) groups is 2. The largest absolute Gasteiger partial charge is 0.457 e. The molecule has 0 radical (unpaired) electrons. The van der Waals surface area contributed by atoms with Crippen LogP contribution in [0, 0.1) is 24.2 Å². The predicted molar refractivity (Wildman–Crippen MR) is 134 cm³/mol. The van der Waals surface area contributed by atoms with Gasteiger partial charge in [-0.2, -0.15) is 0 Å². The zero-order valence-corrected chi connectivity index (χ0v) is 21.5. The zero-order valence-electron chi connectivity index (χ0n) is 21.5. The average Bonchev–Trinajstić information content (AvgIpc) is 3.09. The van der Waals surface area contributed by atoms with Crippen molar-refractivity contribution < 1.29 is 19.4 Å². The minimum absolute atomic E-state index is 0.000775. The Labute approximate surface area is 203 Å². The van der Waals surface area contributed by atoms with Crippen LogP contribution in [0.25, 0.3) is 11.0 Å². The molecule has 6 nitrogen and oxygen atoms in total. The van der Waals surface area contributed by atoms with Crippen molar-refractivity contribution in [2.75, 3.05) is 0 Å². The Hall–Kier alpha value is -2.47. The van der Waals surface area contributed by atoms with E-state index in [1.165, 1.54) is 0 Å². The number of aromatic nitrogens is 2. The number of carbonyl (C=O) groups excluding carboxylic acids is 2. The lowest BCUT2D eigenvalue weighted by atomic mass is 9.74. The van der Waals surface area contributed by atoms with E-state index in [1.54, 1.807) is 6.92 Å². The topological polar surface area (TPSA) is 81.4 Å². The summed E-state index contributed by atoms with van der Waals surface area (Å²) in [6.45, 7) is 9.50. The van der Waals surface area contributed by atoms with Crippen molar-refractivity contribution in [2.45, 2.75) is 85.4 Å². The van der Waals surface area contributed by atoms with Gasteiger partial charge in [0.1, 0.15) is 17.7 Å². The number of aliphatic hydroxyl groups excluding tert-OH is 1. The Kier molecular flexibility index (Phi) is 8.34. The standard InChI is InChI=1S/C28H40N2O4/c1-18-11-9-7-8-10-12-24(21-13-14-23-22(17-21)29-20(3)30(23)6)34-25(31)15-16-28(4,5)27(33)19(2)26(18)32/h8,10,13-14,17-19,24,26,32H,7,9,11-12,15-16H2,1-6H3/b10-8+. The molecule has 2 aromatic rings. The van der Waals surface area contributed by atoms with E-state index < -0.39 is 23.5 Å². The highest BCUT2D eigenvalue weighted by Crippen LogP contribution is 2.33. The molecule has 3 rings (SSSR count). The number of imidazole rings is 1. The first kappa shape index (κ1) is 26.1. The molecule has 4 unspecified atom stereocenters. The maximum Gasteiger partial charge on any atom is 0.306 e. The SMILES string of the molecule is Cc1nc2cc(C3C/C=C/CCCC(C)C(O)C(C)C(=O)C(C)(C)CCC(=O)O3)ccc2n1C. The van der Waals surface area contributed by atoms with E-state index in [0.29, 0.717) is 12.8 Å². The lowest BCUT2D eigenvalue weighted by Crippen LogP contribution is -2.39. The molecule has 0 fully saturated rings. The number of cyclic esters (lactones) is 1. The number of nitrogens with zero attached hydrogens (tertiary/aromatic N) is 2. The van der Waals surface area contributed by atoms with Gasteiger partial charge in [0, 0.05) is 31.2 Å². The van der Waals surface area contributed by atoms with Crippen molar-refractivity contribution in [1.29, 1.82) is 0 Å². The molecule has 2 heterocycles. The Balaban J connectivity index is 1.84. The van der Waals surface area contributed by atoms with Crippen molar-refractivity contribution >= 4 is 22.8 Å². The number of allylic oxidation sites excluding steroid dienone is 1. The molecule has 0 saturated heterocycles. The van der Waals surface area contributed by atoms with Crippen molar-refractivity contribution in [3.63, 3.8) is 0 Å². The molecule has 0 aliphatic carbocycles. The van der Waals surface area contributed by atoms with Gasteiger partial charge in [0.15, 0.2) is 0 Å². The van der Waals surface area contributed by atoms with Gasteiger partial charge in [0.25, 0.3) is 0 Å². The minimum Gasteiger partial charge on any atom is -0.457 e. The van der Waals surface area contributed by atoms with Crippen molar-refractivity contribution in [3.05, 3.63) is 41.7 Å². The Morgan fingerprint density at radius 3 is 2.65 bits per heavy atom. The maximum atomic E-state index is 13.1. The summed E-state index contributed by atoms with van der Waals surface area (Å²) < 4.78 is 7.98. The second kappa shape index (κ2) is 10.9. The number of hydrogen-bond donors (Lipinski definition) is 1. The number of benzene rings is 1. The number of hydrogen-bond acceptors (Lipinski definition) is 5. The number of esters is 1. The van der Waals surface area contributed by atoms with Gasteiger partial charge in [-0.15, -0.1) is 0 Å². The van der Waals surface area contributed by atoms with E-state index >= 15 is 0 Å². The first-order chi connectivity index (χ1) is 16.0. The summed E-state index contributed by atoms with van der Waals surface area (Å²) in [6, 6.07) is 6.04. The molecule has 0 saturated carbocycles. The van der Waals surface area contributed by atoms with Crippen LogP contribution < -0.4 is 0 Å². The Morgan fingerprint density at radius 1 is 1.18 bits per heavy atom. The predicted octanol–water partition coefficient (Wildman–Crippen LogP) is 5.60. The fourth-order valence-electron chi connectivity index (χ4n) is 4.88. The summed E-state index contributed by atoms with van der Waals surface area (Å²) in [5.41, 5.74) is 2.14. The molecule has 6 heteroatoms. The van der Waals surface area contributed by atoms with Crippen molar-refractivity contribution in [3.8, 4) is 0 Å². The summed E-state index contributed by atoms with van der Waals surface area (Å²) in [5.74, 6) is 0.194. The zero-order chi connectivity index (χ0) is 25.0. The third kappa shape index (κ3) is 5.96. The summed E-state index contributed by atoms with van der Waals surface area (Å²) in [6.07, 6.45) is 6.92. The highest BCUT2D eigenvalue weighted by molar-refractivity contribution is 5.87. The second-order valence-electron chi connectivity index (χ2n) is 10.6. The molecule has 186 valence electrons.